The van der Waals surface area contributed by atoms with Crippen LogP contribution in [-0.2, 0) is 16.4 Å². The van der Waals surface area contributed by atoms with Crippen molar-refractivity contribution in [1.82, 2.24) is 14.9 Å². The van der Waals surface area contributed by atoms with E-state index in [1.165, 1.54) is 5.56 Å². The molecule has 0 atom stereocenters. The van der Waals surface area contributed by atoms with Gasteiger partial charge in [-0.2, -0.15) is 4.31 Å². The maximum absolute atomic E-state index is 12.8. The second-order valence-corrected chi connectivity index (χ2v) is 9.48. The van der Waals surface area contributed by atoms with Gasteiger partial charge >= 0.3 is 0 Å². The third-order valence-corrected chi connectivity index (χ3v) is 7.27. The molecular formula is C23H32N4O2S. The minimum absolute atomic E-state index is 0.374. The number of hydrogen-bond acceptors (Lipinski definition) is 3. The van der Waals surface area contributed by atoms with E-state index in [0.717, 1.165) is 38.3 Å². The second-order valence-electron chi connectivity index (χ2n) is 7.54. The van der Waals surface area contributed by atoms with Crippen LogP contribution in [0.4, 0.5) is 0 Å². The van der Waals surface area contributed by atoms with Gasteiger partial charge in [0.15, 0.2) is 5.96 Å². The Kier molecular flexibility index (Phi) is 8.28. The van der Waals surface area contributed by atoms with E-state index >= 15 is 0 Å². The van der Waals surface area contributed by atoms with Gasteiger partial charge in [-0.15, -0.1) is 0 Å². The fourth-order valence-electron chi connectivity index (χ4n) is 3.61. The third kappa shape index (κ3) is 6.31. The van der Waals surface area contributed by atoms with Crippen molar-refractivity contribution in [3.05, 3.63) is 66.2 Å². The molecule has 2 N–H and O–H groups in total. The van der Waals surface area contributed by atoms with Crippen LogP contribution < -0.4 is 10.6 Å². The molecule has 1 fully saturated rings. The molecule has 0 aromatic heterocycles. The molecule has 0 aliphatic carbocycles. The fraction of sp³-hybridized carbons (Fsp3) is 0.435. The lowest BCUT2D eigenvalue weighted by Gasteiger charge is -2.30. The van der Waals surface area contributed by atoms with Crippen LogP contribution in [0.2, 0.25) is 0 Å². The quantitative estimate of drug-likeness (QED) is 0.501. The van der Waals surface area contributed by atoms with E-state index < -0.39 is 10.0 Å². The Morgan fingerprint density at radius 1 is 1.00 bits per heavy atom. The Bertz CT molecular complexity index is 893. The normalized spacial score (nSPS) is 16.4. The molecule has 1 aliphatic heterocycles. The Morgan fingerprint density at radius 3 is 2.27 bits per heavy atom. The minimum atomic E-state index is -3.39. The number of benzene rings is 2. The summed E-state index contributed by atoms with van der Waals surface area (Å²) in [6, 6.07) is 19.1. The van der Waals surface area contributed by atoms with E-state index in [1.54, 1.807) is 28.6 Å². The Hall–Kier alpha value is -2.38. The standard InChI is InChI=1S/C23H32N4O2S/c1-2-24-23(25-16-13-20-9-5-3-6-10-20)26-19-21-14-17-27(18-15-21)30(28,29)22-11-7-4-8-12-22/h3-12,21H,2,13-19H2,1H3,(H2,24,25,26). The largest absolute Gasteiger partial charge is 0.357 e. The molecule has 0 saturated carbocycles. The molecule has 0 spiro atoms. The lowest BCUT2D eigenvalue weighted by atomic mass is 9.98. The van der Waals surface area contributed by atoms with Crippen molar-refractivity contribution >= 4 is 16.0 Å². The molecule has 2 aromatic carbocycles. The second kappa shape index (κ2) is 11.1. The molecule has 0 radical (unpaired) electrons. The van der Waals surface area contributed by atoms with Gasteiger partial charge in [0, 0.05) is 32.7 Å². The number of guanidine groups is 1. The zero-order chi connectivity index (χ0) is 21.2. The van der Waals surface area contributed by atoms with E-state index in [4.69, 9.17) is 4.99 Å². The van der Waals surface area contributed by atoms with Crippen molar-refractivity contribution in [2.45, 2.75) is 31.1 Å². The summed E-state index contributed by atoms with van der Waals surface area (Å²) < 4.78 is 27.1. The van der Waals surface area contributed by atoms with E-state index in [1.807, 2.05) is 12.1 Å². The van der Waals surface area contributed by atoms with Crippen molar-refractivity contribution in [2.24, 2.45) is 10.9 Å². The lowest BCUT2D eigenvalue weighted by molar-refractivity contribution is 0.278. The van der Waals surface area contributed by atoms with Crippen LogP contribution in [0.25, 0.3) is 0 Å². The highest BCUT2D eigenvalue weighted by molar-refractivity contribution is 7.89. The molecule has 30 heavy (non-hydrogen) atoms. The minimum Gasteiger partial charge on any atom is -0.357 e. The van der Waals surface area contributed by atoms with Gasteiger partial charge in [0.05, 0.1) is 4.90 Å². The first-order valence-corrected chi connectivity index (χ1v) is 12.1. The summed E-state index contributed by atoms with van der Waals surface area (Å²) in [5.41, 5.74) is 1.30. The molecule has 2 aromatic rings. The summed E-state index contributed by atoms with van der Waals surface area (Å²) >= 11 is 0. The molecule has 6 nitrogen and oxygen atoms in total. The SMILES string of the molecule is CCNC(=NCC1CCN(S(=O)(=O)c2ccccc2)CC1)NCCc1ccccc1. The van der Waals surface area contributed by atoms with Gasteiger partial charge in [-0.1, -0.05) is 48.5 Å². The fourth-order valence-corrected chi connectivity index (χ4v) is 5.10. The van der Waals surface area contributed by atoms with Gasteiger partial charge in [0.2, 0.25) is 10.0 Å². The summed E-state index contributed by atoms with van der Waals surface area (Å²) in [5, 5.41) is 6.69. The van der Waals surface area contributed by atoms with E-state index in [9.17, 15) is 8.42 Å². The zero-order valence-corrected chi connectivity index (χ0v) is 18.4. The predicted octanol–water partition coefficient (Wildman–Crippen LogP) is 2.89. The average molecular weight is 429 g/mol. The van der Waals surface area contributed by atoms with Crippen molar-refractivity contribution in [3.8, 4) is 0 Å². The number of rotatable bonds is 8. The summed E-state index contributed by atoms with van der Waals surface area (Å²) in [7, 11) is -3.39. The molecule has 3 rings (SSSR count). The first-order valence-electron chi connectivity index (χ1n) is 10.7. The van der Waals surface area contributed by atoms with Crippen molar-refractivity contribution < 1.29 is 8.42 Å². The molecular weight excluding hydrogens is 396 g/mol. The predicted molar refractivity (Wildman–Crippen MR) is 122 cm³/mol. The molecule has 7 heteroatoms. The highest BCUT2D eigenvalue weighted by atomic mass is 32.2. The topological polar surface area (TPSA) is 73.8 Å². The molecule has 0 amide bonds. The Labute approximate surface area is 180 Å². The Balaban J connectivity index is 1.48. The van der Waals surface area contributed by atoms with Crippen LogP contribution >= 0.6 is 0 Å². The number of nitrogens with one attached hydrogen (secondary N) is 2. The van der Waals surface area contributed by atoms with Gasteiger partial charge in [0.25, 0.3) is 0 Å². The molecule has 0 unspecified atom stereocenters. The van der Waals surface area contributed by atoms with Crippen molar-refractivity contribution in [1.29, 1.82) is 0 Å². The van der Waals surface area contributed by atoms with Crippen LogP contribution in [-0.4, -0.2) is 51.4 Å². The number of sulfonamides is 1. The molecule has 1 aliphatic rings. The van der Waals surface area contributed by atoms with Gasteiger partial charge < -0.3 is 10.6 Å². The highest BCUT2D eigenvalue weighted by Gasteiger charge is 2.29. The maximum atomic E-state index is 12.8. The van der Waals surface area contributed by atoms with E-state index in [2.05, 4.69) is 41.8 Å². The maximum Gasteiger partial charge on any atom is 0.243 e. The summed E-state index contributed by atoms with van der Waals surface area (Å²) in [6.45, 7) is 5.50. The van der Waals surface area contributed by atoms with Crippen LogP contribution in [0.3, 0.4) is 0 Å². The molecule has 1 saturated heterocycles. The zero-order valence-electron chi connectivity index (χ0n) is 17.6. The van der Waals surface area contributed by atoms with Gasteiger partial charge in [-0.05, 0) is 49.8 Å². The van der Waals surface area contributed by atoms with Crippen LogP contribution in [0.15, 0.2) is 70.6 Å². The Morgan fingerprint density at radius 2 is 1.63 bits per heavy atom. The van der Waals surface area contributed by atoms with Gasteiger partial charge in [0.1, 0.15) is 0 Å². The number of aliphatic imine (C=N–C) groups is 1. The van der Waals surface area contributed by atoms with E-state index in [-0.39, 0.29) is 0 Å². The lowest BCUT2D eigenvalue weighted by Crippen LogP contribution is -2.40. The van der Waals surface area contributed by atoms with Gasteiger partial charge in [-0.3, -0.25) is 4.99 Å². The smallest absolute Gasteiger partial charge is 0.243 e. The van der Waals surface area contributed by atoms with E-state index in [0.29, 0.717) is 30.4 Å². The van der Waals surface area contributed by atoms with Crippen LogP contribution in [0.5, 0.6) is 0 Å². The summed E-state index contributed by atoms with van der Waals surface area (Å²) in [5.74, 6) is 1.23. The number of nitrogens with zero attached hydrogens (tertiary/aromatic N) is 2. The van der Waals surface area contributed by atoms with Crippen LogP contribution in [0.1, 0.15) is 25.3 Å². The molecule has 162 valence electrons. The molecule has 0 bridgehead atoms. The monoisotopic (exact) mass is 428 g/mol. The summed E-state index contributed by atoms with van der Waals surface area (Å²) in [6.07, 6.45) is 2.61. The average Bonchev–Trinajstić information content (AvgIpc) is 2.79. The van der Waals surface area contributed by atoms with Gasteiger partial charge in [-0.25, -0.2) is 8.42 Å². The first kappa shape index (κ1) is 22.3. The number of hydrogen-bond donors (Lipinski definition) is 2. The first-order chi connectivity index (χ1) is 14.6. The van der Waals surface area contributed by atoms with Crippen LogP contribution in [0, 0.1) is 5.92 Å². The third-order valence-electron chi connectivity index (χ3n) is 5.36. The van der Waals surface area contributed by atoms with Crippen molar-refractivity contribution in [3.63, 3.8) is 0 Å². The summed E-state index contributed by atoms with van der Waals surface area (Å²) in [4.78, 5) is 5.11. The molecule has 1 heterocycles. The highest BCUT2D eigenvalue weighted by Crippen LogP contribution is 2.23. The van der Waals surface area contributed by atoms with Crippen molar-refractivity contribution in [2.75, 3.05) is 32.7 Å². The number of piperidine rings is 1.